The van der Waals surface area contributed by atoms with Gasteiger partial charge < -0.3 is 19.9 Å². The second kappa shape index (κ2) is 4.78. The van der Waals surface area contributed by atoms with E-state index in [1.165, 1.54) is 12.8 Å². The van der Waals surface area contributed by atoms with E-state index in [4.69, 9.17) is 9.47 Å². The van der Waals surface area contributed by atoms with Gasteiger partial charge in [0.2, 0.25) is 6.79 Å². The summed E-state index contributed by atoms with van der Waals surface area (Å²) in [5, 5.41) is 13.2. The Bertz CT molecular complexity index is 431. The molecular weight excluding hydrogens is 230 g/mol. The first-order valence-electron chi connectivity index (χ1n) is 6.55. The van der Waals surface area contributed by atoms with Crippen molar-refractivity contribution >= 4 is 0 Å². The lowest BCUT2D eigenvalue weighted by Crippen LogP contribution is -2.30. The van der Waals surface area contributed by atoms with Crippen LogP contribution < -0.4 is 14.8 Å². The van der Waals surface area contributed by atoms with Crippen molar-refractivity contribution in [2.45, 2.75) is 31.9 Å². The number of rotatable bonds is 5. The van der Waals surface area contributed by atoms with Crippen LogP contribution in [0.3, 0.4) is 0 Å². The lowest BCUT2D eigenvalue weighted by molar-refractivity contribution is 0.145. The van der Waals surface area contributed by atoms with E-state index in [-0.39, 0.29) is 12.1 Å². The van der Waals surface area contributed by atoms with Crippen LogP contribution in [0, 0.1) is 5.92 Å². The third kappa shape index (κ3) is 2.44. The predicted octanol–water partition coefficient (Wildman–Crippen LogP) is 1.84. The molecule has 1 aromatic carbocycles. The van der Waals surface area contributed by atoms with Gasteiger partial charge in [0.1, 0.15) is 0 Å². The molecule has 0 spiro atoms. The molecule has 98 valence electrons. The highest BCUT2D eigenvalue weighted by atomic mass is 16.7. The Labute approximate surface area is 107 Å². The Balaban J connectivity index is 1.59. The molecule has 2 N–H and O–H groups in total. The minimum atomic E-state index is -0.207. The Kier molecular flexibility index (Phi) is 3.14. The van der Waals surface area contributed by atoms with Crippen LogP contribution in [-0.2, 0) is 0 Å². The number of fused-ring (bicyclic) bond motifs is 1. The Morgan fingerprint density at radius 2 is 2.11 bits per heavy atom. The Morgan fingerprint density at radius 1 is 1.33 bits per heavy atom. The maximum Gasteiger partial charge on any atom is 0.231 e. The molecule has 4 nitrogen and oxygen atoms in total. The van der Waals surface area contributed by atoms with Crippen molar-refractivity contribution in [3.05, 3.63) is 23.8 Å². The molecule has 2 unspecified atom stereocenters. The first-order valence-corrected chi connectivity index (χ1v) is 6.55. The highest BCUT2D eigenvalue weighted by molar-refractivity contribution is 5.45. The third-order valence-electron chi connectivity index (χ3n) is 3.70. The van der Waals surface area contributed by atoms with E-state index in [0.717, 1.165) is 17.1 Å². The summed E-state index contributed by atoms with van der Waals surface area (Å²) in [6.07, 6.45) is 2.13. The zero-order valence-electron chi connectivity index (χ0n) is 10.6. The largest absolute Gasteiger partial charge is 0.454 e. The maximum absolute atomic E-state index is 9.83. The van der Waals surface area contributed by atoms with Gasteiger partial charge in [-0.2, -0.15) is 0 Å². The number of hydrogen-bond acceptors (Lipinski definition) is 4. The molecule has 1 aromatic rings. The maximum atomic E-state index is 9.83. The minimum absolute atomic E-state index is 0.202. The van der Waals surface area contributed by atoms with E-state index in [1.807, 2.05) is 18.2 Å². The van der Waals surface area contributed by atoms with Crippen LogP contribution in [0.5, 0.6) is 11.5 Å². The number of aliphatic hydroxyl groups is 1. The molecule has 2 aliphatic rings. The molecule has 1 aliphatic heterocycles. The van der Waals surface area contributed by atoms with Crippen molar-refractivity contribution in [2.24, 2.45) is 5.92 Å². The molecule has 0 bridgehead atoms. The van der Waals surface area contributed by atoms with Crippen molar-refractivity contribution in [1.82, 2.24) is 5.32 Å². The van der Waals surface area contributed by atoms with Crippen molar-refractivity contribution in [1.29, 1.82) is 0 Å². The van der Waals surface area contributed by atoms with Gasteiger partial charge in [0.05, 0.1) is 6.10 Å². The predicted molar refractivity (Wildman–Crippen MR) is 67.7 cm³/mol. The standard InChI is InChI=1S/C14H19NO3/c1-9(15-7-12(16)10-2-3-10)11-4-5-13-14(6-11)18-8-17-13/h4-6,9-10,12,15-16H,2-3,7-8H2,1H3. The Morgan fingerprint density at radius 3 is 2.89 bits per heavy atom. The minimum Gasteiger partial charge on any atom is -0.454 e. The molecule has 18 heavy (non-hydrogen) atoms. The van der Waals surface area contributed by atoms with Gasteiger partial charge in [0, 0.05) is 12.6 Å². The third-order valence-corrected chi connectivity index (χ3v) is 3.70. The van der Waals surface area contributed by atoms with Gasteiger partial charge in [-0.25, -0.2) is 0 Å². The number of benzene rings is 1. The van der Waals surface area contributed by atoms with Gasteiger partial charge in [-0.05, 0) is 43.4 Å². The van der Waals surface area contributed by atoms with Crippen LogP contribution in [0.2, 0.25) is 0 Å². The quantitative estimate of drug-likeness (QED) is 0.836. The van der Waals surface area contributed by atoms with Crippen LogP contribution in [0.4, 0.5) is 0 Å². The van der Waals surface area contributed by atoms with E-state index >= 15 is 0 Å². The second-order valence-electron chi connectivity index (χ2n) is 5.15. The Hall–Kier alpha value is -1.26. The van der Waals surface area contributed by atoms with Crippen LogP contribution >= 0.6 is 0 Å². The molecule has 4 heteroatoms. The summed E-state index contributed by atoms with van der Waals surface area (Å²) in [5.41, 5.74) is 1.15. The number of hydrogen-bond donors (Lipinski definition) is 2. The molecular formula is C14H19NO3. The lowest BCUT2D eigenvalue weighted by Gasteiger charge is -2.17. The van der Waals surface area contributed by atoms with Crippen molar-refractivity contribution in [3.63, 3.8) is 0 Å². The molecule has 0 aromatic heterocycles. The number of ether oxygens (including phenoxy) is 2. The number of aliphatic hydroxyl groups excluding tert-OH is 1. The summed E-state index contributed by atoms with van der Waals surface area (Å²) in [7, 11) is 0. The molecule has 0 radical (unpaired) electrons. The van der Waals surface area contributed by atoms with Crippen molar-refractivity contribution in [2.75, 3.05) is 13.3 Å². The van der Waals surface area contributed by atoms with Crippen LogP contribution in [0.25, 0.3) is 0 Å². The van der Waals surface area contributed by atoms with Crippen LogP contribution in [0.1, 0.15) is 31.4 Å². The van der Waals surface area contributed by atoms with E-state index in [1.54, 1.807) is 0 Å². The summed E-state index contributed by atoms with van der Waals surface area (Å²) >= 11 is 0. The van der Waals surface area contributed by atoms with E-state index in [2.05, 4.69) is 12.2 Å². The monoisotopic (exact) mass is 249 g/mol. The molecule has 1 fully saturated rings. The second-order valence-corrected chi connectivity index (χ2v) is 5.15. The summed E-state index contributed by atoms with van der Waals surface area (Å²) in [4.78, 5) is 0. The molecule has 3 rings (SSSR count). The van der Waals surface area contributed by atoms with Gasteiger partial charge >= 0.3 is 0 Å². The average Bonchev–Trinajstić information content (AvgIpc) is 3.13. The van der Waals surface area contributed by atoms with Gasteiger partial charge in [-0.15, -0.1) is 0 Å². The summed E-state index contributed by atoms with van der Waals surface area (Å²) in [5.74, 6) is 2.13. The average molecular weight is 249 g/mol. The van der Waals surface area contributed by atoms with E-state index in [9.17, 15) is 5.11 Å². The summed E-state index contributed by atoms with van der Waals surface area (Å²) < 4.78 is 10.7. The van der Waals surface area contributed by atoms with Crippen LogP contribution in [0.15, 0.2) is 18.2 Å². The van der Waals surface area contributed by atoms with E-state index < -0.39 is 0 Å². The lowest BCUT2D eigenvalue weighted by atomic mass is 10.1. The fraction of sp³-hybridized carbons (Fsp3) is 0.571. The SMILES string of the molecule is CC(NCC(O)C1CC1)c1ccc2c(c1)OCO2. The topological polar surface area (TPSA) is 50.7 Å². The van der Waals surface area contributed by atoms with Gasteiger partial charge in [-0.1, -0.05) is 6.07 Å². The van der Waals surface area contributed by atoms with Crippen molar-refractivity contribution in [3.8, 4) is 11.5 Å². The van der Waals surface area contributed by atoms with Crippen molar-refractivity contribution < 1.29 is 14.6 Å². The molecule has 2 atom stereocenters. The zero-order valence-corrected chi connectivity index (χ0v) is 10.6. The van der Waals surface area contributed by atoms with Gasteiger partial charge in [-0.3, -0.25) is 0 Å². The molecule has 1 saturated carbocycles. The molecule has 0 amide bonds. The van der Waals surface area contributed by atoms with Gasteiger partial charge in [0.15, 0.2) is 11.5 Å². The highest BCUT2D eigenvalue weighted by Crippen LogP contribution is 2.35. The molecule has 0 saturated heterocycles. The van der Waals surface area contributed by atoms with E-state index in [0.29, 0.717) is 19.3 Å². The van der Waals surface area contributed by atoms with Gasteiger partial charge in [0.25, 0.3) is 0 Å². The fourth-order valence-corrected chi connectivity index (χ4v) is 2.25. The fourth-order valence-electron chi connectivity index (χ4n) is 2.25. The summed E-state index contributed by atoms with van der Waals surface area (Å²) in [6.45, 7) is 3.05. The van der Waals surface area contributed by atoms with Crippen LogP contribution in [-0.4, -0.2) is 24.5 Å². The first kappa shape index (κ1) is 11.8. The highest BCUT2D eigenvalue weighted by Gasteiger charge is 2.29. The normalized spacial score (nSPS) is 20.8. The molecule has 1 aliphatic carbocycles. The molecule has 1 heterocycles. The summed E-state index contributed by atoms with van der Waals surface area (Å²) in [6, 6.07) is 6.18. The first-order chi connectivity index (χ1) is 8.74. The number of nitrogens with one attached hydrogen (secondary N) is 1. The smallest absolute Gasteiger partial charge is 0.231 e. The zero-order chi connectivity index (χ0) is 12.5.